The fraction of sp³-hybridized carbons (Fsp3) is 0.605. The predicted octanol–water partition coefficient (Wildman–Crippen LogP) is 5.99. The number of fused-ring (bicyclic) bond motifs is 2. The first-order chi connectivity index (χ1) is 22.9. The number of rotatable bonds is 9. The Morgan fingerprint density at radius 3 is 2.33 bits per heavy atom. The highest BCUT2D eigenvalue weighted by atomic mass is 35.5. The van der Waals surface area contributed by atoms with Crippen LogP contribution in [0.1, 0.15) is 63.4 Å². The van der Waals surface area contributed by atoms with Gasteiger partial charge in [-0.15, -0.1) is 0 Å². The van der Waals surface area contributed by atoms with E-state index in [1.807, 2.05) is 23.3 Å². The summed E-state index contributed by atoms with van der Waals surface area (Å²) in [6.45, 7) is 16.7. The Kier molecular flexibility index (Phi) is 9.09. The summed E-state index contributed by atoms with van der Waals surface area (Å²) in [5.41, 5.74) is 2.90. The van der Waals surface area contributed by atoms with E-state index in [0.29, 0.717) is 52.0 Å². The maximum atomic E-state index is 14.5. The van der Waals surface area contributed by atoms with Crippen molar-refractivity contribution in [2.24, 2.45) is 29.6 Å². The van der Waals surface area contributed by atoms with Crippen molar-refractivity contribution in [1.29, 1.82) is 0 Å². The summed E-state index contributed by atoms with van der Waals surface area (Å²) in [7, 11) is 1.75. The Balaban J connectivity index is 1.03. The van der Waals surface area contributed by atoms with Gasteiger partial charge in [0.15, 0.2) is 0 Å². The van der Waals surface area contributed by atoms with E-state index < -0.39 is 5.82 Å². The first kappa shape index (κ1) is 33.5. The number of pyridine rings is 1. The Bertz CT molecular complexity index is 1680. The number of benzene rings is 1. The van der Waals surface area contributed by atoms with Crippen LogP contribution in [0, 0.1) is 35.4 Å². The van der Waals surface area contributed by atoms with Crippen LogP contribution in [0.25, 0.3) is 16.6 Å². The second-order valence-electron chi connectivity index (χ2n) is 15.8. The monoisotopic (exact) mass is 676 g/mol. The lowest BCUT2D eigenvalue weighted by atomic mass is 9.70. The molecule has 48 heavy (non-hydrogen) atoms. The molecule has 1 saturated carbocycles. The van der Waals surface area contributed by atoms with E-state index in [0.717, 1.165) is 68.1 Å². The molecule has 4 aliphatic rings. The minimum Gasteiger partial charge on any atom is -0.342 e. The van der Waals surface area contributed by atoms with Gasteiger partial charge in [0, 0.05) is 89.1 Å². The lowest BCUT2D eigenvalue weighted by Gasteiger charge is -2.54. The van der Waals surface area contributed by atoms with Gasteiger partial charge in [-0.2, -0.15) is 0 Å². The molecule has 4 fully saturated rings. The molecular weight excluding hydrogens is 627 g/mol. The van der Waals surface area contributed by atoms with Crippen molar-refractivity contribution in [1.82, 2.24) is 29.2 Å². The smallest absolute Gasteiger partial charge is 0.256 e. The highest BCUT2D eigenvalue weighted by Gasteiger charge is 2.49. The van der Waals surface area contributed by atoms with Gasteiger partial charge >= 0.3 is 0 Å². The van der Waals surface area contributed by atoms with Crippen LogP contribution in [0.15, 0.2) is 36.8 Å². The number of halogens is 2. The summed E-state index contributed by atoms with van der Waals surface area (Å²) >= 11 is 6.79. The van der Waals surface area contributed by atoms with Crippen molar-refractivity contribution in [3.63, 3.8) is 0 Å². The molecule has 1 aromatic carbocycles. The Morgan fingerprint density at radius 2 is 1.71 bits per heavy atom. The number of aromatic nitrogens is 2. The largest absolute Gasteiger partial charge is 0.342 e. The predicted molar refractivity (Wildman–Crippen MR) is 188 cm³/mol. The van der Waals surface area contributed by atoms with Crippen molar-refractivity contribution in [3.05, 3.63) is 58.8 Å². The number of amides is 2. The second kappa shape index (κ2) is 13.0. The molecule has 2 amide bonds. The zero-order valence-corrected chi connectivity index (χ0v) is 30.0. The topological polar surface area (TPSA) is 64.9 Å². The van der Waals surface area contributed by atoms with Crippen LogP contribution >= 0.6 is 11.6 Å². The fourth-order valence-electron chi connectivity index (χ4n) is 9.23. The third-order valence-electron chi connectivity index (χ3n) is 12.0. The number of carbonyl (C=O) groups is 2. The number of hydrogen-bond donors (Lipinski definition) is 0. The van der Waals surface area contributed by atoms with E-state index >= 15 is 0 Å². The maximum Gasteiger partial charge on any atom is 0.256 e. The lowest BCUT2D eigenvalue weighted by Crippen LogP contribution is -2.60. The normalized spacial score (nSPS) is 25.5. The summed E-state index contributed by atoms with van der Waals surface area (Å²) in [6.07, 6.45) is 8.99. The van der Waals surface area contributed by atoms with Crippen LogP contribution in [0.4, 0.5) is 4.39 Å². The van der Waals surface area contributed by atoms with Crippen LogP contribution in [0.3, 0.4) is 0 Å². The summed E-state index contributed by atoms with van der Waals surface area (Å²) in [5.74, 6) is 2.69. The van der Waals surface area contributed by atoms with E-state index in [2.05, 4.69) is 34.8 Å². The van der Waals surface area contributed by atoms with Crippen molar-refractivity contribution < 1.29 is 14.0 Å². The van der Waals surface area contributed by atoms with Gasteiger partial charge in [-0.3, -0.25) is 24.4 Å². The fourth-order valence-corrected chi connectivity index (χ4v) is 9.51. The molecule has 3 aromatic rings. The summed E-state index contributed by atoms with van der Waals surface area (Å²) in [6, 6.07) is 5.67. The molecule has 0 radical (unpaired) electrons. The molecule has 5 heterocycles. The highest BCUT2D eigenvalue weighted by Crippen LogP contribution is 2.44. The van der Waals surface area contributed by atoms with Crippen LogP contribution in [-0.2, 0) is 11.2 Å². The first-order valence-corrected chi connectivity index (χ1v) is 18.2. The molecular formula is C38H50ClFN6O2. The number of hydrogen-bond acceptors (Lipinski definition) is 5. The van der Waals surface area contributed by atoms with Crippen molar-refractivity contribution in [2.75, 3.05) is 46.3 Å². The number of likely N-dealkylation sites (tertiary alicyclic amines) is 3. The third kappa shape index (κ3) is 6.04. The molecule has 0 N–H and O–H groups in total. The highest BCUT2D eigenvalue weighted by molar-refractivity contribution is 6.35. The van der Waals surface area contributed by atoms with Gasteiger partial charge in [0.25, 0.3) is 5.91 Å². The van der Waals surface area contributed by atoms with E-state index in [1.54, 1.807) is 37.3 Å². The lowest BCUT2D eigenvalue weighted by molar-refractivity contribution is -0.128. The Morgan fingerprint density at radius 1 is 1.02 bits per heavy atom. The van der Waals surface area contributed by atoms with E-state index in [4.69, 9.17) is 11.6 Å². The van der Waals surface area contributed by atoms with E-state index in [-0.39, 0.29) is 17.9 Å². The molecule has 258 valence electrons. The van der Waals surface area contributed by atoms with Gasteiger partial charge in [0.05, 0.1) is 28.0 Å². The van der Waals surface area contributed by atoms with Gasteiger partial charge in [0.2, 0.25) is 5.91 Å². The number of nitrogens with zero attached hydrogens (tertiary/aromatic N) is 6. The van der Waals surface area contributed by atoms with E-state index in [1.165, 1.54) is 25.0 Å². The summed E-state index contributed by atoms with van der Waals surface area (Å²) in [5, 5.41) is 1.54. The Labute approximate surface area is 289 Å². The molecule has 8 nitrogen and oxygen atoms in total. The van der Waals surface area contributed by atoms with Gasteiger partial charge < -0.3 is 14.4 Å². The van der Waals surface area contributed by atoms with Gasteiger partial charge in [-0.1, -0.05) is 25.4 Å². The minimum atomic E-state index is -0.442. The second-order valence-corrected chi connectivity index (χ2v) is 16.2. The van der Waals surface area contributed by atoms with Crippen LogP contribution in [-0.4, -0.2) is 105 Å². The molecule has 1 unspecified atom stereocenters. The summed E-state index contributed by atoms with van der Waals surface area (Å²) < 4.78 is 16.5. The van der Waals surface area contributed by atoms with Crippen LogP contribution in [0.5, 0.6) is 0 Å². The zero-order valence-electron chi connectivity index (χ0n) is 29.2. The molecule has 1 aliphatic carbocycles. The molecule has 10 heteroatoms. The number of carbonyl (C=O) groups excluding carboxylic acids is 2. The molecule has 0 spiro atoms. The quantitative estimate of drug-likeness (QED) is 0.279. The van der Waals surface area contributed by atoms with Gasteiger partial charge in [0.1, 0.15) is 5.82 Å². The van der Waals surface area contributed by atoms with Crippen molar-refractivity contribution in [3.8, 4) is 5.69 Å². The van der Waals surface area contributed by atoms with Gasteiger partial charge in [-0.25, -0.2) is 4.39 Å². The maximum absolute atomic E-state index is 14.5. The molecule has 3 aliphatic heterocycles. The van der Waals surface area contributed by atoms with E-state index in [9.17, 15) is 14.0 Å². The van der Waals surface area contributed by atoms with Crippen LogP contribution < -0.4 is 0 Å². The zero-order chi connectivity index (χ0) is 34.0. The molecule has 2 aromatic heterocycles. The molecule has 0 bridgehead atoms. The van der Waals surface area contributed by atoms with Crippen molar-refractivity contribution >= 4 is 34.3 Å². The molecule has 3 atom stereocenters. The SMILES string of the molecule is CC(=O)N1C[C@@H]2CN([C@H]3C[C@@H](C(C(C)C)N4CC(Cc5cn(-c6ccc(F)cc6C(=O)N(C)C(C)C)c6cncc(Cl)c56)C4)C3)C[C@H]2C1. The third-order valence-corrected chi connectivity index (χ3v) is 12.3. The molecule has 3 saturated heterocycles. The van der Waals surface area contributed by atoms with Crippen LogP contribution in [0.2, 0.25) is 5.02 Å². The minimum absolute atomic E-state index is 0.0243. The Hall–Kier alpha value is -3.01. The average Bonchev–Trinajstić information content (AvgIpc) is 3.68. The molecule has 7 rings (SSSR count). The van der Waals surface area contributed by atoms with Gasteiger partial charge in [-0.05, 0) is 86.5 Å². The average molecular weight is 677 g/mol. The first-order valence-electron chi connectivity index (χ1n) is 17.8. The van der Waals surface area contributed by atoms with Crippen molar-refractivity contribution in [2.45, 2.75) is 72.0 Å². The summed E-state index contributed by atoms with van der Waals surface area (Å²) in [4.78, 5) is 38.8. The standard InChI is InChI=1S/C38H50ClFN6O2/c1-22(2)37(26-10-31(11-26)44-19-28-17-43(24(5)47)18-29(28)20-44)45-15-25(16-45)9-27-21-46(35-14-41-13-33(39)36(27)35)34-8-7-30(40)12-32(34)38(48)42(6)23(3)4/h7-8,12-14,21-23,25-26,28-29,31,37H,9-11,15-20H2,1-6H3/t26-,28-,29-,31+,37?/m1/s1.